The molecule has 0 unspecified atom stereocenters. The minimum Gasteiger partial charge on any atom is -0.545 e. The Kier molecular flexibility index (Phi) is 5.50. The molecule has 0 aromatic heterocycles. The number of carboxylic acid groups (broad SMARTS) is 1. The standard InChI is InChI=1S/C18H17ClN2O5S/c19-13-4-3-5-14(12-13)27(25,26)21-10-8-20(9-11-21)17(22)15-6-1-2-7-16(15)18(23)24/h1-7,12H,8-11H2,(H,23,24)/p-1. The van der Waals surface area contributed by atoms with Crippen LogP contribution in [0.15, 0.2) is 53.4 Å². The van der Waals surface area contributed by atoms with Gasteiger partial charge < -0.3 is 14.8 Å². The van der Waals surface area contributed by atoms with E-state index in [1.807, 2.05) is 0 Å². The van der Waals surface area contributed by atoms with Gasteiger partial charge in [-0.1, -0.05) is 35.9 Å². The fraction of sp³-hybridized carbons (Fsp3) is 0.222. The maximum Gasteiger partial charge on any atom is 0.254 e. The maximum atomic E-state index is 12.7. The highest BCUT2D eigenvalue weighted by atomic mass is 35.5. The van der Waals surface area contributed by atoms with E-state index in [-0.39, 0.29) is 42.2 Å². The van der Waals surface area contributed by atoms with E-state index < -0.39 is 21.9 Å². The van der Waals surface area contributed by atoms with Crippen molar-refractivity contribution in [3.8, 4) is 0 Å². The van der Waals surface area contributed by atoms with Gasteiger partial charge in [0.05, 0.1) is 10.9 Å². The Morgan fingerprint density at radius 2 is 1.56 bits per heavy atom. The number of nitrogens with zero attached hydrogens (tertiary/aromatic N) is 2. The normalized spacial score (nSPS) is 15.5. The van der Waals surface area contributed by atoms with E-state index in [4.69, 9.17) is 11.6 Å². The van der Waals surface area contributed by atoms with Gasteiger partial charge in [0.25, 0.3) is 5.91 Å². The summed E-state index contributed by atoms with van der Waals surface area (Å²) in [5.41, 5.74) is -0.153. The van der Waals surface area contributed by atoms with Crippen LogP contribution in [0.1, 0.15) is 20.7 Å². The van der Waals surface area contributed by atoms with Crippen molar-refractivity contribution >= 4 is 33.5 Å². The van der Waals surface area contributed by atoms with Crippen LogP contribution in [0.2, 0.25) is 5.02 Å². The minimum absolute atomic E-state index is 0.0312. The molecule has 1 heterocycles. The Hall–Kier alpha value is -2.42. The first kappa shape index (κ1) is 19.3. The van der Waals surface area contributed by atoms with Crippen molar-refractivity contribution in [3.05, 3.63) is 64.7 Å². The lowest BCUT2D eigenvalue weighted by Crippen LogP contribution is -2.50. The topological polar surface area (TPSA) is 97.8 Å². The van der Waals surface area contributed by atoms with Gasteiger partial charge in [-0.2, -0.15) is 4.31 Å². The predicted molar refractivity (Wildman–Crippen MR) is 96.9 cm³/mol. The van der Waals surface area contributed by atoms with E-state index in [2.05, 4.69) is 0 Å². The number of rotatable bonds is 4. The largest absolute Gasteiger partial charge is 0.545 e. The van der Waals surface area contributed by atoms with Gasteiger partial charge in [-0.25, -0.2) is 8.42 Å². The Balaban J connectivity index is 1.74. The molecule has 0 saturated carbocycles. The zero-order valence-electron chi connectivity index (χ0n) is 14.2. The van der Waals surface area contributed by atoms with Gasteiger partial charge in [-0.05, 0) is 24.3 Å². The highest BCUT2D eigenvalue weighted by Crippen LogP contribution is 2.21. The second-order valence-corrected chi connectivity index (χ2v) is 8.36. The van der Waals surface area contributed by atoms with Crippen LogP contribution in [0.3, 0.4) is 0 Å². The smallest absolute Gasteiger partial charge is 0.254 e. The summed E-state index contributed by atoms with van der Waals surface area (Å²) in [6, 6.07) is 11.8. The van der Waals surface area contributed by atoms with E-state index in [1.165, 1.54) is 39.5 Å². The summed E-state index contributed by atoms with van der Waals surface area (Å²) >= 11 is 5.87. The highest BCUT2D eigenvalue weighted by molar-refractivity contribution is 7.89. The van der Waals surface area contributed by atoms with Gasteiger partial charge in [0.2, 0.25) is 10.0 Å². The number of carbonyl (C=O) groups excluding carboxylic acids is 2. The van der Waals surface area contributed by atoms with Gasteiger partial charge in [-0.15, -0.1) is 0 Å². The van der Waals surface area contributed by atoms with Crippen LogP contribution in [-0.4, -0.2) is 55.7 Å². The van der Waals surface area contributed by atoms with Crippen molar-refractivity contribution in [1.82, 2.24) is 9.21 Å². The van der Waals surface area contributed by atoms with Gasteiger partial charge in [0, 0.05) is 42.3 Å². The molecule has 0 aliphatic carbocycles. The molecule has 0 N–H and O–H groups in total. The molecule has 7 nitrogen and oxygen atoms in total. The first-order valence-electron chi connectivity index (χ1n) is 8.16. The van der Waals surface area contributed by atoms with Crippen molar-refractivity contribution in [2.45, 2.75) is 4.90 Å². The minimum atomic E-state index is -3.71. The lowest BCUT2D eigenvalue weighted by atomic mass is 10.1. The molecule has 0 atom stereocenters. The van der Waals surface area contributed by atoms with Crippen LogP contribution >= 0.6 is 11.6 Å². The number of hydrogen-bond donors (Lipinski definition) is 0. The number of sulfonamides is 1. The second-order valence-electron chi connectivity index (χ2n) is 5.99. The van der Waals surface area contributed by atoms with Crippen molar-refractivity contribution in [1.29, 1.82) is 0 Å². The Bertz CT molecular complexity index is 985. The number of aromatic carboxylic acids is 1. The van der Waals surface area contributed by atoms with Crippen LogP contribution in [0.5, 0.6) is 0 Å². The molecule has 3 rings (SSSR count). The SMILES string of the molecule is O=C([O-])c1ccccc1C(=O)N1CCN(S(=O)(=O)c2cccc(Cl)c2)CC1. The molecule has 27 heavy (non-hydrogen) atoms. The van der Waals surface area contributed by atoms with Crippen molar-refractivity contribution in [2.75, 3.05) is 26.2 Å². The molecule has 1 saturated heterocycles. The third-order valence-corrected chi connectivity index (χ3v) is 6.47. The Morgan fingerprint density at radius 3 is 2.15 bits per heavy atom. The van der Waals surface area contributed by atoms with Crippen LogP contribution < -0.4 is 5.11 Å². The van der Waals surface area contributed by atoms with Crippen LogP contribution in [-0.2, 0) is 10.0 Å². The van der Waals surface area contributed by atoms with E-state index >= 15 is 0 Å². The van der Waals surface area contributed by atoms with Gasteiger partial charge in [0.15, 0.2) is 0 Å². The molecule has 2 aromatic carbocycles. The molecular formula is C18H16ClN2O5S-. The zero-order valence-corrected chi connectivity index (χ0v) is 15.7. The summed E-state index contributed by atoms with van der Waals surface area (Å²) < 4.78 is 26.7. The summed E-state index contributed by atoms with van der Waals surface area (Å²) in [6.07, 6.45) is 0. The maximum absolute atomic E-state index is 12.7. The van der Waals surface area contributed by atoms with Gasteiger partial charge in [-0.3, -0.25) is 4.79 Å². The highest BCUT2D eigenvalue weighted by Gasteiger charge is 2.31. The molecular weight excluding hydrogens is 392 g/mol. The molecule has 2 aromatic rings. The fourth-order valence-electron chi connectivity index (χ4n) is 2.93. The quantitative estimate of drug-likeness (QED) is 0.748. The number of benzene rings is 2. The molecule has 1 aliphatic heterocycles. The van der Waals surface area contributed by atoms with E-state index in [0.717, 1.165) is 0 Å². The zero-order chi connectivity index (χ0) is 19.6. The number of carboxylic acids is 1. The lowest BCUT2D eigenvalue weighted by molar-refractivity contribution is -0.255. The number of carbonyl (C=O) groups is 2. The summed E-state index contributed by atoms with van der Waals surface area (Å²) in [5, 5.41) is 11.5. The monoisotopic (exact) mass is 407 g/mol. The predicted octanol–water partition coefficient (Wildman–Crippen LogP) is 0.850. The molecule has 1 amide bonds. The molecule has 1 fully saturated rings. The molecule has 9 heteroatoms. The van der Waals surface area contributed by atoms with Crippen molar-refractivity contribution < 1.29 is 23.1 Å². The second kappa shape index (κ2) is 7.67. The summed E-state index contributed by atoms with van der Waals surface area (Å²) in [4.78, 5) is 25.4. The number of hydrogen-bond acceptors (Lipinski definition) is 5. The third kappa shape index (κ3) is 3.97. The Morgan fingerprint density at radius 1 is 0.926 bits per heavy atom. The number of amides is 1. The molecule has 0 spiro atoms. The molecule has 0 radical (unpaired) electrons. The summed E-state index contributed by atoms with van der Waals surface area (Å²) in [5.74, 6) is -1.89. The summed E-state index contributed by atoms with van der Waals surface area (Å²) in [7, 11) is -3.71. The Labute approximate surface area is 161 Å². The van der Waals surface area contributed by atoms with Crippen LogP contribution in [0.4, 0.5) is 0 Å². The number of piperazine rings is 1. The first-order valence-corrected chi connectivity index (χ1v) is 9.98. The molecule has 142 valence electrons. The summed E-state index contributed by atoms with van der Waals surface area (Å²) in [6.45, 7) is 0.516. The first-order chi connectivity index (χ1) is 12.8. The van der Waals surface area contributed by atoms with Crippen molar-refractivity contribution in [3.63, 3.8) is 0 Å². The van der Waals surface area contributed by atoms with E-state index in [9.17, 15) is 23.1 Å². The van der Waals surface area contributed by atoms with E-state index in [1.54, 1.807) is 18.2 Å². The molecule has 1 aliphatic rings. The number of halogens is 1. The van der Waals surface area contributed by atoms with E-state index in [0.29, 0.717) is 5.02 Å². The molecule has 0 bridgehead atoms. The van der Waals surface area contributed by atoms with Crippen LogP contribution in [0.25, 0.3) is 0 Å². The fourth-order valence-corrected chi connectivity index (χ4v) is 4.65. The van der Waals surface area contributed by atoms with Crippen molar-refractivity contribution in [2.24, 2.45) is 0 Å². The third-order valence-electron chi connectivity index (χ3n) is 4.34. The van der Waals surface area contributed by atoms with Crippen LogP contribution in [0, 0.1) is 0 Å². The average Bonchev–Trinajstić information content (AvgIpc) is 2.67. The van der Waals surface area contributed by atoms with Gasteiger partial charge >= 0.3 is 0 Å². The lowest BCUT2D eigenvalue weighted by Gasteiger charge is -2.34. The van der Waals surface area contributed by atoms with Gasteiger partial charge in [0.1, 0.15) is 0 Å². The average molecular weight is 408 g/mol.